The van der Waals surface area contributed by atoms with Crippen molar-refractivity contribution in [3.63, 3.8) is 0 Å². The fraction of sp³-hybridized carbons (Fsp3) is 0.467. The second kappa shape index (κ2) is 5.15. The number of allylic oxidation sites excluding steroid dienone is 1. The van der Waals surface area contributed by atoms with E-state index in [1.165, 1.54) is 0 Å². The first kappa shape index (κ1) is 14.4. The van der Waals surface area contributed by atoms with Crippen molar-refractivity contribution >= 4 is 11.8 Å². The molecule has 0 aliphatic carbocycles. The second-order valence-electron chi connectivity index (χ2n) is 5.64. The Labute approximate surface area is 118 Å². The Kier molecular flexibility index (Phi) is 3.70. The van der Waals surface area contributed by atoms with E-state index in [0.29, 0.717) is 18.7 Å². The fourth-order valence-corrected chi connectivity index (χ4v) is 2.61. The lowest BCUT2D eigenvalue weighted by atomic mass is 9.95. The van der Waals surface area contributed by atoms with Crippen molar-refractivity contribution in [3.05, 3.63) is 34.8 Å². The summed E-state index contributed by atoms with van der Waals surface area (Å²) in [5.41, 5.74) is 2.30. The van der Waals surface area contributed by atoms with Gasteiger partial charge in [-0.05, 0) is 24.0 Å². The number of nitrogens with zero attached hydrogens (tertiary/aromatic N) is 2. The van der Waals surface area contributed by atoms with Gasteiger partial charge in [0, 0.05) is 32.4 Å². The quantitative estimate of drug-likeness (QED) is 0.861. The fourth-order valence-electron chi connectivity index (χ4n) is 2.61. The second-order valence-corrected chi connectivity index (χ2v) is 5.64. The minimum atomic E-state index is -0.981. The first-order valence-electron chi connectivity index (χ1n) is 6.71. The van der Waals surface area contributed by atoms with Crippen LogP contribution >= 0.6 is 0 Å². The van der Waals surface area contributed by atoms with Crippen LogP contribution in [0.2, 0.25) is 0 Å². The maximum atomic E-state index is 12.6. The Bertz CT molecular complexity index is 595. The Morgan fingerprint density at radius 2 is 2.10 bits per heavy atom. The molecule has 0 atom stereocenters. The summed E-state index contributed by atoms with van der Waals surface area (Å²) in [7, 11) is 3.75. The van der Waals surface area contributed by atoms with Crippen molar-refractivity contribution in [1.29, 1.82) is 0 Å². The number of aromatic nitrogens is 1. The van der Waals surface area contributed by atoms with Gasteiger partial charge in [0.1, 0.15) is 5.69 Å². The number of carbonyl (C=O) groups excluding carboxylic acids is 1. The van der Waals surface area contributed by atoms with Crippen molar-refractivity contribution in [2.45, 2.75) is 32.7 Å². The average molecular weight is 276 g/mol. The van der Waals surface area contributed by atoms with E-state index >= 15 is 0 Å². The van der Waals surface area contributed by atoms with Crippen molar-refractivity contribution in [2.24, 2.45) is 0 Å². The summed E-state index contributed by atoms with van der Waals surface area (Å²) in [5.74, 6) is -0.917. The van der Waals surface area contributed by atoms with E-state index < -0.39 is 5.97 Å². The van der Waals surface area contributed by atoms with Gasteiger partial charge in [0.2, 0.25) is 5.78 Å². The number of carbonyl (C=O) groups is 2. The van der Waals surface area contributed by atoms with Crippen LogP contribution in [0, 0.1) is 0 Å². The summed E-state index contributed by atoms with van der Waals surface area (Å²) in [5, 5.41) is 9.28. The van der Waals surface area contributed by atoms with Crippen LogP contribution in [0.15, 0.2) is 17.8 Å². The highest BCUT2D eigenvalue weighted by atomic mass is 16.4. The van der Waals surface area contributed by atoms with E-state index in [0.717, 1.165) is 11.1 Å². The number of aromatic carboxylic acids is 1. The van der Waals surface area contributed by atoms with Gasteiger partial charge in [-0.15, -0.1) is 0 Å². The Morgan fingerprint density at radius 1 is 1.45 bits per heavy atom. The van der Waals surface area contributed by atoms with Gasteiger partial charge in [0.15, 0.2) is 0 Å². The van der Waals surface area contributed by atoms with Crippen LogP contribution in [0.3, 0.4) is 0 Å². The van der Waals surface area contributed by atoms with Crippen molar-refractivity contribution < 1.29 is 14.7 Å². The number of carboxylic acids is 1. The summed E-state index contributed by atoms with van der Waals surface area (Å²) < 4.78 is 1.65. The number of Topliss-reactive ketones (excluding diaryl/α,β-unsaturated/α-hetero) is 1. The molecule has 0 saturated carbocycles. The zero-order valence-electron chi connectivity index (χ0n) is 12.3. The number of ketones is 1. The van der Waals surface area contributed by atoms with Crippen LogP contribution in [0.5, 0.6) is 0 Å². The minimum Gasteiger partial charge on any atom is -0.477 e. The molecule has 1 aromatic heterocycles. The monoisotopic (exact) mass is 276 g/mol. The lowest BCUT2D eigenvalue weighted by Gasteiger charge is -2.21. The predicted molar refractivity (Wildman–Crippen MR) is 76.2 cm³/mol. The molecule has 2 heterocycles. The van der Waals surface area contributed by atoms with Crippen molar-refractivity contribution in [1.82, 2.24) is 9.47 Å². The number of rotatable bonds is 3. The molecule has 1 aliphatic heterocycles. The van der Waals surface area contributed by atoms with Gasteiger partial charge in [-0.2, -0.15) is 0 Å². The molecule has 1 aromatic rings. The largest absolute Gasteiger partial charge is 0.477 e. The van der Waals surface area contributed by atoms with E-state index in [4.69, 9.17) is 0 Å². The Morgan fingerprint density at radius 3 is 2.60 bits per heavy atom. The summed E-state index contributed by atoms with van der Waals surface area (Å²) in [6.07, 6.45) is 2.39. The molecule has 1 N–H and O–H groups in total. The molecule has 0 bridgehead atoms. The smallest absolute Gasteiger partial charge is 0.352 e. The molecule has 108 valence electrons. The van der Waals surface area contributed by atoms with Crippen LogP contribution in [0.4, 0.5) is 0 Å². The molecule has 0 aromatic carbocycles. The van der Waals surface area contributed by atoms with Crippen molar-refractivity contribution in [3.8, 4) is 0 Å². The first-order chi connectivity index (χ1) is 9.32. The molecule has 2 rings (SSSR count). The Hall–Kier alpha value is -2.04. The third-order valence-corrected chi connectivity index (χ3v) is 3.49. The molecule has 0 saturated heterocycles. The molecule has 0 unspecified atom stereocenters. The van der Waals surface area contributed by atoms with Gasteiger partial charge in [-0.25, -0.2) is 4.79 Å². The van der Waals surface area contributed by atoms with Gasteiger partial charge in [0.05, 0.1) is 5.69 Å². The third kappa shape index (κ3) is 2.35. The van der Waals surface area contributed by atoms with Crippen LogP contribution in [0.1, 0.15) is 52.7 Å². The maximum absolute atomic E-state index is 12.6. The van der Waals surface area contributed by atoms with E-state index in [1.54, 1.807) is 10.6 Å². The number of fused-ring (bicyclic) bond motifs is 1. The van der Waals surface area contributed by atoms with Gasteiger partial charge < -0.3 is 14.6 Å². The highest BCUT2D eigenvalue weighted by molar-refractivity contribution is 6.10. The molecule has 0 amide bonds. The van der Waals surface area contributed by atoms with Gasteiger partial charge in [-0.3, -0.25) is 4.79 Å². The summed E-state index contributed by atoms with van der Waals surface area (Å²) >= 11 is 0. The maximum Gasteiger partial charge on any atom is 0.352 e. The zero-order valence-corrected chi connectivity index (χ0v) is 12.3. The number of carboxylic acid groups (broad SMARTS) is 1. The van der Waals surface area contributed by atoms with Crippen LogP contribution < -0.4 is 0 Å². The van der Waals surface area contributed by atoms with Gasteiger partial charge in [0.25, 0.3) is 0 Å². The number of hydrogen-bond acceptors (Lipinski definition) is 3. The third-order valence-electron chi connectivity index (χ3n) is 3.49. The summed E-state index contributed by atoms with van der Waals surface area (Å²) in [6, 6.07) is 1.64. The molecular formula is C15H20N2O3. The summed E-state index contributed by atoms with van der Waals surface area (Å²) in [4.78, 5) is 25.8. The van der Waals surface area contributed by atoms with E-state index in [-0.39, 0.29) is 17.4 Å². The minimum absolute atomic E-state index is 0.0545. The highest BCUT2D eigenvalue weighted by Crippen LogP contribution is 2.31. The van der Waals surface area contributed by atoms with Gasteiger partial charge >= 0.3 is 5.97 Å². The van der Waals surface area contributed by atoms with E-state index in [1.807, 2.05) is 39.0 Å². The molecule has 0 spiro atoms. The standard InChI is InChI=1S/C15H20N2O3/c1-9(2)11-7-12(15(19)20)17-6-5-10(8-16(3)4)14(18)13(11)17/h7-9H,5-6H2,1-4H3,(H,19,20). The average Bonchev–Trinajstić information content (AvgIpc) is 2.72. The molecule has 5 heteroatoms. The topological polar surface area (TPSA) is 62.5 Å². The van der Waals surface area contributed by atoms with Crippen LogP contribution in [-0.2, 0) is 6.54 Å². The highest BCUT2D eigenvalue weighted by Gasteiger charge is 2.30. The Balaban J connectivity index is 2.59. The van der Waals surface area contributed by atoms with Gasteiger partial charge in [-0.1, -0.05) is 13.8 Å². The van der Waals surface area contributed by atoms with Crippen LogP contribution in [-0.4, -0.2) is 40.4 Å². The molecular weight excluding hydrogens is 256 g/mol. The lowest BCUT2D eigenvalue weighted by Crippen LogP contribution is -2.24. The van der Waals surface area contributed by atoms with E-state index in [2.05, 4.69) is 0 Å². The SMILES string of the molecule is CC(C)c1cc(C(=O)O)n2c1C(=O)C(=CN(C)C)CC2. The zero-order chi connectivity index (χ0) is 15.0. The van der Waals surface area contributed by atoms with Crippen molar-refractivity contribution in [2.75, 3.05) is 14.1 Å². The molecule has 0 fully saturated rings. The molecule has 1 aliphatic rings. The molecule has 5 nitrogen and oxygen atoms in total. The normalized spacial score (nSPS) is 16.6. The molecule has 20 heavy (non-hydrogen) atoms. The molecule has 0 radical (unpaired) electrons. The number of hydrogen-bond donors (Lipinski definition) is 1. The summed E-state index contributed by atoms with van der Waals surface area (Å²) in [6.45, 7) is 4.48. The first-order valence-corrected chi connectivity index (χ1v) is 6.71. The van der Waals surface area contributed by atoms with E-state index in [9.17, 15) is 14.7 Å². The van der Waals surface area contributed by atoms with Crippen LogP contribution in [0.25, 0.3) is 0 Å². The predicted octanol–water partition coefficient (Wildman–Crippen LogP) is 2.34. The lowest BCUT2D eigenvalue weighted by molar-refractivity contribution is 0.0684.